The first-order valence-electron chi connectivity index (χ1n) is 8.85. The molecule has 0 saturated carbocycles. The highest BCUT2D eigenvalue weighted by Gasteiger charge is 2.20. The number of rotatable bonds is 4. The molecule has 0 N–H and O–H groups in total. The fourth-order valence-corrected chi connectivity index (χ4v) is 3.67. The maximum absolute atomic E-state index is 5.89. The molecule has 1 aromatic heterocycles. The number of fused-ring (bicyclic) bond motifs is 1. The molecular formula is C21H23N3O. The number of nitrogens with zero attached hydrogens (tertiary/aromatic N) is 3. The molecule has 2 aromatic carbocycles. The lowest BCUT2D eigenvalue weighted by Gasteiger charge is -2.27. The SMILES string of the molecule is CN(C)CC1CCc2cc(-c3nnc(-c4ccccc4)o3)ccc2C1. The molecule has 0 spiro atoms. The van der Waals surface area contributed by atoms with Crippen LogP contribution in [-0.2, 0) is 12.8 Å². The second-order valence-corrected chi connectivity index (χ2v) is 7.13. The van der Waals surface area contributed by atoms with Crippen LogP contribution in [0.15, 0.2) is 52.9 Å². The van der Waals surface area contributed by atoms with Crippen molar-refractivity contribution in [1.82, 2.24) is 15.1 Å². The van der Waals surface area contributed by atoms with Crippen molar-refractivity contribution in [2.75, 3.05) is 20.6 Å². The summed E-state index contributed by atoms with van der Waals surface area (Å²) in [5, 5.41) is 8.44. The van der Waals surface area contributed by atoms with E-state index in [0.717, 1.165) is 36.4 Å². The zero-order valence-electron chi connectivity index (χ0n) is 14.8. The molecule has 4 rings (SSSR count). The molecule has 128 valence electrons. The molecule has 4 heteroatoms. The minimum absolute atomic E-state index is 0.569. The molecule has 25 heavy (non-hydrogen) atoms. The van der Waals surface area contributed by atoms with Gasteiger partial charge in [-0.2, -0.15) is 0 Å². The highest BCUT2D eigenvalue weighted by Crippen LogP contribution is 2.30. The summed E-state index contributed by atoms with van der Waals surface area (Å²) in [6.07, 6.45) is 3.53. The van der Waals surface area contributed by atoms with Gasteiger partial charge in [-0.15, -0.1) is 10.2 Å². The molecule has 1 aliphatic rings. The number of hydrogen-bond donors (Lipinski definition) is 0. The minimum atomic E-state index is 0.569. The zero-order chi connectivity index (χ0) is 17.2. The third-order valence-corrected chi connectivity index (χ3v) is 4.85. The van der Waals surface area contributed by atoms with Crippen molar-refractivity contribution >= 4 is 0 Å². The van der Waals surface area contributed by atoms with E-state index in [2.05, 4.69) is 47.4 Å². The summed E-state index contributed by atoms with van der Waals surface area (Å²) in [5.41, 5.74) is 4.85. The third kappa shape index (κ3) is 3.49. The van der Waals surface area contributed by atoms with Crippen molar-refractivity contribution in [2.24, 2.45) is 5.92 Å². The lowest BCUT2D eigenvalue weighted by molar-refractivity contribution is 0.303. The second kappa shape index (κ2) is 6.81. The zero-order valence-corrected chi connectivity index (χ0v) is 14.8. The lowest BCUT2D eigenvalue weighted by atomic mass is 9.83. The Morgan fingerprint density at radius 1 is 0.960 bits per heavy atom. The maximum Gasteiger partial charge on any atom is 0.248 e. The molecule has 0 aliphatic heterocycles. The predicted octanol–water partition coefficient (Wildman–Crippen LogP) is 4.07. The van der Waals surface area contributed by atoms with E-state index in [4.69, 9.17) is 4.42 Å². The summed E-state index contributed by atoms with van der Waals surface area (Å²) in [5.74, 6) is 1.91. The van der Waals surface area contributed by atoms with Crippen LogP contribution in [0.5, 0.6) is 0 Å². The predicted molar refractivity (Wildman–Crippen MR) is 99.2 cm³/mol. The van der Waals surface area contributed by atoms with E-state index in [1.54, 1.807) is 0 Å². The smallest absolute Gasteiger partial charge is 0.248 e. The summed E-state index contributed by atoms with van der Waals surface area (Å²) in [7, 11) is 4.30. The van der Waals surface area contributed by atoms with E-state index in [9.17, 15) is 0 Å². The Hall–Kier alpha value is -2.46. The van der Waals surface area contributed by atoms with Gasteiger partial charge in [0.25, 0.3) is 0 Å². The molecule has 1 heterocycles. The van der Waals surface area contributed by atoms with Gasteiger partial charge in [0.2, 0.25) is 11.8 Å². The fourth-order valence-electron chi connectivity index (χ4n) is 3.67. The molecule has 0 radical (unpaired) electrons. The quantitative estimate of drug-likeness (QED) is 0.722. The highest BCUT2D eigenvalue weighted by atomic mass is 16.4. The van der Waals surface area contributed by atoms with Crippen LogP contribution in [0.1, 0.15) is 17.5 Å². The molecule has 0 amide bonds. The van der Waals surface area contributed by atoms with Crippen LogP contribution in [0.4, 0.5) is 0 Å². The van der Waals surface area contributed by atoms with E-state index >= 15 is 0 Å². The van der Waals surface area contributed by atoms with Crippen LogP contribution in [-0.4, -0.2) is 35.7 Å². The number of hydrogen-bond acceptors (Lipinski definition) is 4. The van der Waals surface area contributed by atoms with Crippen molar-refractivity contribution in [3.63, 3.8) is 0 Å². The Labute approximate surface area is 148 Å². The van der Waals surface area contributed by atoms with Gasteiger partial charge in [0.1, 0.15) is 0 Å². The van der Waals surface area contributed by atoms with Crippen molar-refractivity contribution in [2.45, 2.75) is 19.3 Å². The average molecular weight is 333 g/mol. The van der Waals surface area contributed by atoms with E-state index in [-0.39, 0.29) is 0 Å². The van der Waals surface area contributed by atoms with Gasteiger partial charge in [0.15, 0.2) is 0 Å². The summed E-state index contributed by atoms with van der Waals surface area (Å²) in [4.78, 5) is 2.29. The van der Waals surface area contributed by atoms with Gasteiger partial charge in [0.05, 0.1) is 0 Å². The maximum atomic E-state index is 5.89. The molecule has 0 fully saturated rings. The lowest BCUT2D eigenvalue weighted by Crippen LogP contribution is -2.26. The van der Waals surface area contributed by atoms with Crippen LogP contribution >= 0.6 is 0 Å². The largest absolute Gasteiger partial charge is 0.416 e. The van der Waals surface area contributed by atoms with Crippen molar-refractivity contribution in [3.05, 3.63) is 59.7 Å². The normalized spacial score (nSPS) is 16.8. The van der Waals surface area contributed by atoms with Gasteiger partial charge in [0, 0.05) is 17.7 Å². The first kappa shape index (κ1) is 16.0. The van der Waals surface area contributed by atoms with Gasteiger partial charge in [-0.1, -0.05) is 24.3 Å². The van der Waals surface area contributed by atoms with Gasteiger partial charge in [-0.3, -0.25) is 0 Å². The number of aryl methyl sites for hydroxylation is 1. The Morgan fingerprint density at radius 2 is 1.72 bits per heavy atom. The molecule has 3 aromatic rings. The Morgan fingerprint density at radius 3 is 2.48 bits per heavy atom. The summed E-state index contributed by atoms with van der Waals surface area (Å²) >= 11 is 0. The molecule has 0 saturated heterocycles. The standard InChI is InChI=1S/C21H23N3O/c1-24(2)14-15-8-9-18-13-19(11-10-17(18)12-15)21-23-22-20(25-21)16-6-4-3-5-7-16/h3-7,10-11,13,15H,8-9,12,14H2,1-2H3. The first-order valence-corrected chi connectivity index (χ1v) is 8.85. The summed E-state index contributed by atoms with van der Waals surface area (Å²) < 4.78 is 5.89. The van der Waals surface area contributed by atoms with E-state index < -0.39 is 0 Å². The van der Waals surface area contributed by atoms with Crippen molar-refractivity contribution in [1.29, 1.82) is 0 Å². The van der Waals surface area contributed by atoms with Gasteiger partial charge < -0.3 is 9.32 Å². The number of benzene rings is 2. The van der Waals surface area contributed by atoms with Gasteiger partial charge in [-0.05, 0) is 74.7 Å². The second-order valence-electron chi connectivity index (χ2n) is 7.13. The van der Waals surface area contributed by atoms with Crippen LogP contribution in [0.25, 0.3) is 22.9 Å². The Balaban J connectivity index is 1.56. The van der Waals surface area contributed by atoms with Crippen LogP contribution in [0, 0.1) is 5.92 Å². The molecule has 0 bridgehead atoms. The average Bonchev–Trinajstić information content (AvgIpc) is 3.12. The van der Waals surface area contributed by atoms with E-state index in [1.807, 2.05) is 30.3 Å². The molecular weight excluding hydrogens is 310 g/mol. The Bertz CT molecular complexity index is 855. The minimum Gasteiger partial charge on any atom is -0.416 e. The van der Waals surface area contributed by atoms with Crippen molar-refractivity contribution < 1.29 is 4.42 Å². The topological polar surface area (TPSA) is 42.2 Å². The Kier molecular flexibility index (Phi) is 4.36. The third-order valence-electron chi connectivity index (χ3n) is 4.85. The fraction of sp³-hybridized carbons (Fsp3) is 0.333. The number of aromatic nitrogens is 2. The van der Waals surface area contributed by atoms with Gasteiger partial charge >= 0.3 is 0 Å². The molecule has 1 atom stereocenters. The molecule has 4 nitrogen and oxygen atoms in total. The van der Waals surface area contributed by atoms with Crippen LogP contribution < -0.4 is 0 Å². The first-order chi connectivity index (χ1) is 12.2. The summed E-state index contributed by atoms with van der Waals surface area (Å²) in [6, 6.07) is 16.5. The highest BCUT2D eigenvalue weighted by molar-refractivity contribution is 5.59. The molecule has 1 unspecified atom stereocenters. The molecule has 1 aliphatic carbocycles. The summed E-state index contributed by atoms with van der Waals surface area (Å²) in [6.45, 7) is 1.16. The van der Waals surface area contributed by atoms with Crippen LogP contribution in [0.3, 0.4) is 0 Å². The van der Waals surface area contributed by atoms with Crippen molar-refractivity contribution in [3.8, 4) is 22.9 Å². The monoisotopic (exact) mass is 333 g/mol. The van der Waals surface area contributed by atoms with E-state index in [0.29, 0.717) is 11.8 Å². The van der Waals surface area contributed by atoms with E-state index in [1.165, 1.54) is 17.5 Å². The van der Waals surface area contributed by atoms with Gasteiger partial charge in [-0.25, -0.2) is 0 Å². The van der Waals surface area contributed by atoms with Crippen LogP contribution in [0.2, 0.25) is 0 Å².